The minimum absolute atomic E-state index is 0.634. The van der Waals surface area contributed by atoms with E-state index in [4.69, 9.17) is 4.74 Å². The van der Waals surface area contributed by atoms with Gasteiger partial charge in [-0.25, -0.2) is 0 Å². The molecule has 0 radical (unpaired) electrons. The third-order valence-corrected chi connectivity index (χ3v) is 4.02. The van der Waals surface area contributed by atoms with Gasteiger partial charge >= 0.3 is 0 Å². The molecule has 14 heavy (non-hydrogen) atoms. The molecule has 0 unspecified atom stereocenters. The zero-order valence-electron chi connectivity index (χ0n) is 8.00. The van der Waals surface area contributed by atoms with Crippen LogP contribution in [0.15, 0.2) is 4.60 Å². The van der Waals surface area contributed by atoms with Gasteiger partial charge in [0.05, 0.1) is 24.9 Å². The molecule has 0 atom stereocenters. The molecule has 1 saturated carbocycles. The smallest absolute Gasteiger partial charge is 0.108 e. The summed E-state index contributed by atoms with van der Waals surface area (Å²) in [5.74, 6) is 0. The summed E-state index contributed by atoms with van der Waals surface area (Å²) in [4.78, 5) is 0. The Hall–Kier alpha value is -0.350. The molecule has 3 nitrogen and oxygen atoms in total. The molecule has 0 aromatic carbocycles. The SMILES string of the molecule is Brc1c2c(nn1C1CCC1)COCC2. The van der Waals surface area contributed by atoms with Crippen molar-refractivity contribution in [2.75, 3.05) is 6.61 Å². The van der Waals surface area contributed by atoms with Gasteiger partial charge in [-0.3, -0.25) is 4.68 Å². The summed E-state index contributed by atoms with van der Waals surface area (Å²) in [6.45, 7) is 1.52. The van der Waals surface area contributed by atoms with Gasteiger partial charge < -0.3 is 4.74 Å². The van der Waals surface area contributed by atoms with Gasteiger partial charge in [0.1, 0.15) is 4.60 Å². The van der Waals surface area contributed by atoms with Crippen LogP contribution in [0.2, 0.25) is 0 Å². The number of fused-ring (bicyclic) bond motifs is 1. The first-order valence-electron chi connectivity index (χ1n) is 5.20. The third-order valence-electron chi connectivity index (χ3n) is 3.18. The number of hydrogen-bond donors (Lipinski definition) is 0. The van der Waals surface area contributed by atoms with Crippen molar-refractivity contribution in [3.63, 3.8) is 0 Å². The molecule has 1 fully saturated rings. The molecule has 4 heteroatoms. The van der Waals surface area contributed by atoms with Crippen molar-refractivity contribution in [3.05, 3.63) is 15.9 Å². The van der Waals surface area contributed by atoms with Crippen molar-refractivity contribution in [3.8, 4) is 0 Å². The largest absolute Gasteiger partial charge is 0.375 e. The standard InChI is InChI=1S/C10H13BrN2O/c11-10-8-4-5-14-6-9(8)12-13(10)7-2-1-3-7/h7H,1-6H2. The number of rotatable bonds is 1. The Labute approximate surface area is 91.6 Å². The first-order chi connectivity index (χ1) is 6.86. The van der Waals surface area contributed by atoms with Crippen LogP contribution in [0.1, 0.15) is 36.6 Å². The average molecular weight is 257 g/mol. The lowest BCUT2D eigenvalue weighted by atomic mass is 9.93. The first kappa shape index (κ1) is 8.92. The van der Waals surface area contributed by atoms with E-state index in [1.807, 2.05) is 0 Å². The minimum atomic E-state index is 0.634. The molecule has 0 bridgehead atoms. The quantitative estimate of drug-likeness (QED) is 0.772. The molecule has 1 aliphatic heterocycles. The Morgan fingerprint density at radius 2 is 2.29 bits per heavy atom. The van der Waals surface area contributed by atoms with E-state index >= 15 is 0 Å². The molecule has 1 aliphatic carbocycles. The van der Waals surface area contributed by atoms with Crippen molar-refractivity contribution in [2.24, 2.45) is 0 Å². The Morgan fingerprint density at radius 1 is 1.43 bits per heavy atom. The normalized spacial score (nSPS) is 21.8. The first-order valence-corrected chi connectivity index (χ1v) is 5.99. The van der Waals surface area contributed by atoms with E-state index in [9.17, 15) is 0 Å². The maximum Gasteiger partial charge on any atom is 0.108 e. The van der Waals surface area contributed by atoms with Crippen LogP contribution in [0.3, 0.4) is 0 Å². The monoisotopic (exact) mass is 256 g/mol. The lowest BCUT2D eigenvalue weighted by molar-refractivity contribution is 0.107. The van der Waals surface area contributed by atoms with E-state index in [0.29, 0.717) is 12.6 Å². The van der Waals surface area contributed by atoms with Crippen LogP contribution < -0.4 is 0 Å². The summed E-state index contributed by atoms with van der Waals surface area (Å²) < 4.78 is 8.75. The van der Waals surface area contributed by atoms with Gasteiger partial charge in [-0.1, -0.05) is 0 Å². The number of aromatic nitrogens is 2. The van der Waals surface area contributed by atoms with Gasteiger partial charge in [0.25, 0.3) is 0 Å². The molecule has 1 aromatic heterocycles. The molecule has 2 aliphatic rings. The minimum Gasteiger partial charge on any atom is -0.375 e. The average Bonchev–Trinajstić information content (AvgIpc) is 2.43. The molecule has 0 spiro atoms. The number of nitrogens with zero attached hydrogens (tertiary/aromatic N) is 2. The highest BCUT2D eigenvalue weighted by Gasteiger charge is 2.26. The van der Waals surface area contributed by atoms with Gasteiger partial charge in [0.2, 0.25) is 0 Å². The summed E-state index contributed by atoms with van der Waals surface area (Å²) in [5.41, 5.74) is 2.50. The van der Waals surface area contributed by atoms with Crippen LogP contribution in [-0.2, 0) is 17.8 Å². The Kier molecular flexibility index (Phi) is 2.13. The Balaban J connectivity index is 2.00. The molecule has 76 valence electrons. The van der Waals surface area contributed by atoms with Gasteiger partial charge in [-0.15, -0.1) is 0 Å². The zero-order valence-corrected chi connectivity index (χ0v) is 9.59. The molecule has 0 amide bonds. The van der Waals surface area contributed by atoms with Crippen molar-refractivity contribution >= 4 is 15.9 Å². The van der Waals surface area contributed by atoms with Crippen LogP contribution in [0.5, 0.6) is 0 Å². The topological polar surface area (TPSA) is 27.1 Å². The van der Waals surface area contributed by atoms with E-state index in [-0.39, 0.29) is 0 Å². The van der Waals surface area contributed by atoms with Crippen LogP contribution in [0.25, 0.3) is 0 Å². The maximum atomic E-state index is 5.40. The predicted molar refractivity (Wildman–Crippen MR) is 56.2 cm³/mol. The molecule has 3 rings (SSSR count). The Bertz CT molecular complexity index is 357. The maximum absolute atomic E-state index is 5.40. The zero-order chi connectivity index (χ0) is 9.54. The third kappa shape index (κ3) is 1.24. The van der Waals surface area contributed by atoms with Crippen LogP contribution >= 0.6 is 15.9 Å². The highest BCUT2D eigenvalue weighted by atomic mass is 79.9. The fourth-order valence-electron chi connectivity index (χ4n) is 2.07. The van der Waals surface area contributed by atoms with Gasteiger partial charge in [0.15, 0.2) is 0 Å². The van der Waals surface area contributed by atoms with Crippen molar-refractivity contribution in [1.29, 1.82) is 0 Å². The molecule has 0 saturated heterocycles. The number of halogens is 1. The summed E-state index contributed by atoms with van der Waals surface area (Å²) in [6.07, 6.45) is 4.90. The van der Waals surface area contributed by atoms with E-state index in [0.717, 1.165) is 18.7 Å². The Morgan fingerprint density at radius 3 is 2.93 bits per heavy atom. The van der Waals surface area contributed by atoms with E-state index in [1.54, 1.807) is 0 Å². The summed E-state index contributed by atoms with van der Waals surface area (Å²) in [7, 11) is 0. The molecular formula is C10H13BrN2O. The van der Waals surface area contributed by atoms with E-state index in [1.165, 1.54) is 29.4 Å². The lowest BCUT2D eigenvalue weighted by Gasteiger charge is -2.26. The fourth-order valence-corrected chi connectivity index (χ4v) is 2.87. The summed E-state index contributed by atoms with van der Waals surface area (Å²) in [5, 5.41) is 4.62. The van der Waals surface area contributed by atoms with Gasteiger partial charge in [0, 0.05) is 12.0 Å². The number of hydrogen-bond acceptors (Lipinski definition) is 2. The second-order valence-electron chi connectivity index (χ2n) is 4.05. The van der Waals surface area contributed by atoms with Crippen molar-refractivity contribution in [1.82, 2.24) is 9.78 Å². The van der Waals surface area contributed by atoms with Crippen LogP contribution in [-0.4, -0.2) is 16.4 Å². The molecule has 2 heterocycles. The second kappa shape index (κ2) is 3.35. The molecule has 0 N–H and O–H groups in total. The molecule has 1 aromatic rings. The van der Waals surface area contributed by atoms with Crippen LogP contribution in [0.4, 0.5) is 0 Å². The van der Waals surface area contributed by atoms with Gasteiger partial charge in [-0.05, 0) is 35.2 Å². The van der Waals surface area contributed by atoms with Crippen LogP contribution in [0, 0.1) is 0 Å². The number of ether oxygens (including phenoxy) is 1. The highest BCUT2D eigenvalue weighted by Crippen LogP contribution is 2.36. The van der Waals surface area contributed by atoms with Gasteiger partial charge in [-0.2, -0.15) is 5.10 Å². The van der Waals surface area contributed by atoms with E-state index in [2.05, 4.69) is 25.7 Å². The predicted octanol–water partition coefficient (Wildman–Crippen LogP) is 2.44. The fraction of sp³-hybridized carbons (Fsp3) is 0.700. The van der Waals surface area contributed by atoms with Crippen molar-refractivity contribution in [2.45, 2.75) is 38.3 Å². The molecular weight excluding hydrogens is 244 g/mol. The highest BCUT2D eigenvalue weighted by molar-refractivity contribution is 9.10. The van der Waals surface area contributed by atoms with Crippen molar-refractivity contribution < 1.29 is 4.74 Å². The second-order valence-corrected chi connectivity index (χ2v) is 4.80. The lowest BCUT2D eigenvalue weighted by Crippen LogP contribution is -2.18. The summed E-state index contributed by atoms with van der Waals surface area (Å²) >= 11 is 3.66. The summed E-state index contributed by atoms with van der Waals surface area (Å²) in [6, 6.07) is 0.634. The van der Waals surface area contributed by atoms with E-state index < -0.39 is 0 Å².